The van der Waals surface area contributed by atoms with E-state index in [-0.39, 0.29) is 24.9 Å². The van der Waals surface area contributed by atoms with Gasteiger partial charge in [0, 0.05) is 0 Å². The molecule has 1 aromatic carbocycles. The molecular weight excluding hydrogens is 364 g/mol. The van der Waals surface area contributed by atoms with Crippen LogP contribution in [0.25, 0.3) is 0 Å². The van der Waals surface area contributed by atoms with Gasteiger partial charge in [-0.15, -0.1) is 4.33 Å². The SMILES string of the molecule is O=S(=O)(c1c(F)c(F)c(SOOO)c(F)c1F)C1CCCCC1. The van der Waals surface area contributed by atoms with Gasteiger partial charge in [-0.05, 0) is 12.8 Å². The molecule has 1 fully saturated rings. The molecule has 0 radical (unpaired) electrons. The zero-order chi connectivity index (χ0) is 17.2. The van der Waals surface area contributed by atoms with Crippen molar-refractivity contribution in [3.63, 3.8) is 0 Å². The summed E-state index contributed by atoms with van der Waals surface area (Å²) < 4.78 is 84.2. The van der Waals surface area contributed by atoms with E-state index in [1.165, 1.54) is 0 Å². The van der Waals surface area contributed by atoms with Crippen LogP contribution in [-0.2, 0) is 19.2 Å². The largest absolute Gasteiger partial charge is 0.223 e. The lowest BCUT2D eigenvalue weighted by atomic mass is 10.0. The van der Waals surface area contributed by atoms with Crippen LogP contribution in [0.1, 0.15) is 32.1 Å². The smallest absolute Gasteiger partial charge is 0.187 e. The van der Waals surface area contributed by atoms with E-state index in [4.69, 9.17) is 5.26 Å². The first kappa shape index (κ1) is 18.5. The highest BCUT2D eigenvalue weighted by Gasteiger charge is 2.38. The van der Waals surface area contributed by atoms with Crippen LogP contribution in [0.2, 0.25) is 0 Å². The van der Waals surface area contributed by atoms with E-state index in [2.05, 4.69) is 9.37 Å². The van der Waals surface area contributed by atoms with Gasteiger partial charge in [-0.3, -0.25) is 0 Å². The van der Waals surface area contributed by atoms with Crippen molar-refractivity contribution in [1.82, 2.24) is 0 Å². The molecule has 130 valence electrons. The maximum absolute atomic E-state index is 14.0. The third-order valence-electron chi connectivity index (χ3n) is 3.61. The quantitative estimate of drug-likeness (QED) is 0.277. The fourth-order valence-electron chi connectivity index (χ4n) is 2.51. The molecule has 0 saturated heterocycles. The molecule has 2 rings (SSSR count). The van der Waals surface area contributed by atoms with E-state index in [0.29, 0.717) is 12.8 Å². The molecule has 11 heteroatoms. The second kappa shape index (κ2) is 7.34. The van der Waals surface area contributed by atoms with Crippen molar-refractivity contribution in [3.8, 4) is 0 Å². The number of hydrogen-bond acceptors (Lipinski definition) is 6. The first-order valence-electron chi connectivity index (χ1n) is 6.57. The Labute approximate surface area is 133 Å². The maximum Gasteiger partial charge on any atom is 0.187 e. The minimum absolute atomic E-state index is 0.169. The van der Waals surface area contributed by atoms with Gasteiger partial charge in [0.2, 0.25) is 0 Å². The van der Waals surface area contributed by atoms with E-state index < -0.39 is 48.1 Å². The van der Waals surface area contributed by atoms with Gasteiger partial charge in [0.1, 0.15) is 9.79 Å². The number of sulfone groups is 1. The molecule has 23 heavy (non-hydrogen) atoms. The molecule has 0 unspecified atom stereocenters. The second-order valence-corrected chi connectivity index (χ2v) is 7.82. The number of hydrogen-bond donors (Lipinski definition) is 1. The van der Waals surface area contributed by atoms with Gasteiger partial charge in [-0.25, -0.2) is 31.2 Å². The number of benzene rings is 1. The molecule has 0 aliphatic heterocycles. The molecule has 0 heterocycles. The summed E-state index contributed by atoms with van der Waals surface area (Å²) in [5.41, 5.74) is 0. The van der Waals surface area contributed by atoms with Gasteiger partial charge < -0.3 is 0 Å². The summed E-state index contributed by atoms with van der Waals surface area (Å²) in [5, 5.41) is 9.94. The summed E-state index contributed by atoms with van der Waals surface area (Å²) in [4.78, 5) is -2.93. The zero-order valence-corrected chi connectivity index (χ0v) is 13.2. The van der Waals surface area contributed by atoms with Gasteiger partial charge in [0.25, 0.3) is 0 Å². The standard InChI is InChI=1S/C12H12F4O5S2/c13-7-9(15)12(10(16)8(14)11(7)22-21-20-17)23(18,19)6-4-2-1-3-5-6/h6,17H,1-5H2. The normalized spacial score (nSPS) is 16.7. The Hall–Kier alpha value is -0.880. The summed E-state index contributed by atoms with van der Waals surface area (Å²) >= 11 is -0.340. The summed E-state index contributed by atoms with van der Waals surface area (Å²) in [6, 6.07) is 0. The Morgan fingerprint density at radius 2 is 1.48 bits per heavy atom. The molecule has 1 saturated carbocycles. The van der Waals surface area contributed by atoms with Gasteiger partial charge in [0.05, 0.1) is 17.3 Å². The summed E-state index contributed by atoms with van der Waals surface area (Å²) in [5.74, 6) is -7.95. The van der Waals surface area contributed by atoms with Gasteiger partial charge in [-0.2, -0.15) is 0 Å². The third kappa shape index (κ3) is 3.48. The Morgan fingerprint density at radius 1 is 0.957 bits per heavy atom. The Balaban J connectivity index is 2.55. The van der Waals surface area contributed by atoms with E-state index in [1.54, 1.807) is 0 Å². The van der Waals surface area contributed by atoms with Gasteiger partial charge in [0.15, 0.2) is 33.1 Å². The predicted molar refractivity (Wildman–Crippen MR) is 71.0 cm³/mol. The molecule has 5 nitrogen and oxygen atoms in total. The third-order valence-corrected chi connectivity index (χ3v) is 6.54. The lowest BCUT2D eigenvalue weighted by Gasteiger charge is -2.22. The fraction of sp³-hybridized carbons (Fsp3) is 0.500. The molecule has 0 aromatic heterocycles. The van der Waals surface area contributed by atoms with Crippen LogP contribution in [0.3, 0.4) is 0 Å². The molecule has 1 N–H and O–H groups in total. The molecule has 0 amide bonds. The van der Waals surface area contributed by atoms with Crippen molar-refractivity contribution in [2.24, 2.45) is 0 Å². The Bertz CT molecular complexity index is 660. The van der Waals surface area contributed by atoms with Crippen LogP contribution in [-0.4, -0.2) is 18.9 Å². The highest BCUT2D eigenvalue weighted by atomic mass is 32.2. The second-order valence-electron chi connectivity index (χ2n) is 4.95. The number of halogens is 4. The van der Waals surface area contributed by atoms with Crippen LogP contribution >= 0.6 is 12.0 Å². The molecule has 1 aromatic rings. The molecule has 0 spiro atoms. The summed E-state index contributed by atoms with van der Waals surface area (Å²) in [6.45, 7) is 0. The van der Waals surface area contributed by atoms with Crippen LogP contribution in [0.4, 0.5) is 17.6 Å². The van der Waals surface area contributed by atoms with Gasteiger partial charge >= 0.3 is 0 Å². The molecular formula is C12H12F4O5S2. The van der Waals surface area contributed by atoms with Crippen LogP contribution < -0.4 is 0 Å². The molecule has 1 aliphatic carbocycles. The maximum atomic E-state index is 14.0. The first-order chi connectivity index (χ1) is 10.8. The lowest BCUT2D eigenvalue weighted by molar-refractivity contribution is -0.432. The zero-order valence-electron chi connectivity index (χ0n) is 11.5. The van der Waals surface area contributed by atoms with E-state index in [1.807, 2.05) is 0 Å². The fourth-order valence-corrected chi connectivity index (χ4v) is 4.90. The van der Waals surface area contributed by atoms with Gasteiger partial charge in [-0.1, -0.05) is 24.3 Å². The minimum Gasteiger partial charge on any atom is -0.223 e. The van der Waals surface area contributed by atoms with Crippen molar-refractivity contribution in [3.05, 3.63) is 23.3 Å². The predicted octanol–water partition coefficient (Wildman–Crippen LogP) is 3.78. The molecule has 0 bridgehead atoms. The minimum atomic E-state index is -4.57. The first-order valence-corrected chi connectivity index (χ1v) is 8.85. The van der Waals surface area contributed by atoms with E-state index >= 15 is 0 Å². The van der Waals surface area contributed by atoms with Crippen LogP contribution in [0.15, 0.2) is 9.79 Å². The van der Waals surface area contributed by atoms with Crippen LogP contribution in [0.5, 0.6) is 0 Å². The average Bonchev–Trinajstić information content (AvgIpc) is 2.54. The number of rotatable bonds is 5. The summed E-state index contributed by atoms with van der Waals surface area (Å²) in [6.07, 6.45) is 2.22. The summed E-state index contributed by atoms with van der Waals surface area (Å²) in [7, 11) is -4.57. The van der Waals surface area contributed by atoms with Crippen molar-refractivity contribution >= 4 is 21.9 Å². The van der Waals surface area contributed by atoms with Crippen molar-refractivity contribution < 1.29 is 40.6 Å². The highest BCUT2D eigenvalue weighted by Crippen LogP contribution is 2.37. The Morgan fingerprint density at radius 3 is 1.96 bits per heavy atom. The highest BCUT2D eigenvalue weighted by molar-refractivity contribution is 7.94. The van der Waals surface area contributed by atoms with Crippen molar-refractivity contribution in [2.75, 3.05) is 0 Å². The Kier molecular flexibility index (Phi) is 5.89. The van der Waals surface area contributed by atoms with E-state index in [0.717, 1.165) is 6.42 Å². The monoisotopic (exact) mass is 376 g/mol. The van der Waals surface area contributed by atoms with Crippen LogP contribution in [0, 0.1) is 23.3 Å². The molecule has 0 atom stereocenters. The average molecular weight is 376 g/mol. The van der Waals surface area contributed by atoms with Crippen molar-refractivity contribution in [1.29, 1.82) is 0 Å². The van der Waals surface area contributed by atoms with E-state index in [9.17, 15) is 26.0 Å². The molecule has 1 aliphatic rings. The topological polar surface area (TPSA) is 72.8 Å². The van der Waals surface area contributed by atoms with Crippen molar-refractivity contribution in [2.45, 2.75) is 47.1 Å². The lowest BCUT2D eigenvalue weighted by Crippen LogP contribution is -2.27.